The molecule has 7 heteroatoms. The zero-order valence-electron chi connectivity index (χ0n) is 7.18. The summed E-state index contributed by atoms with van der Waals surface area (Å²) < 4.78 is 0. The first-order chi connectivity index (χ1) is 6.15. The van der Waals surface area contributed by atoms with Crippen molar-refractivity contribution in [2.24, 2.45) is 16.8 Å². The van der Waals surface area contributed by atoms with Gasteiger partial charge in [-0.15, -0.1) is 5.10 Å². The maximum atomic E-state index is 10.4. The fourth-order valence-electron chi connectivity index (χ4n) is 1.28. The van der Waals surface area contributed by atoms with Crippen molar-refractivity contribution in [3.63, 3.8) is 0 Å². The first-order valence-electron chi connectivity index (χ1n) is 3.92. The molecule has 7 nitrogen and oxygen atoms in total. The van der Waals surface area contributed by atoms with Crippen molar-refractivity contribution in [1.82, 2.24) is 9.91 Å². The van der Waals surface area contributed by atoms with E-state index in [0.29, 0.717) is 19.0 Å². The highest BCUT2D eigenvalue weighted by Gasteiger charge is 2.22. The maximum Gasteiger partial charge on any atom is 0.323 e. The van der Waals surface area contributed by atoms with Gasteiger partial charge in [-0.3, -0.25) is 9.80 Å². The molecule has 0 atom stereocenters. The second-order valence-corrected chi connectivity index (χ2v) is 2.79. The molecule has 0 aromatic carbocycles. The van der Waals surface area contributed by atoms with Gasteiger partial charge in [-0.25, -0.2) is 5.84 Å². The molecule has 0 aromatic heterocycles. The van der Waals surface area contributed by atoms with Gasteiger partial charge in [0.15, 0.2) is 0 Å². The second-order valence-electron chi connectivity index (χ2n) is 2.79. The van der Waals surface area contributed by atoms with Gasteiger partial charge in [0.25, 0.3) is 0 Å². The molecule has 0 bridgehead atoms. The monoisotopic (exact) mass is 187 g/mol. The highest BCUT2D eigenvalue weighted by Crippen LogP contribution is 2.04. The van der Waals surface area contributed by atoms with E-state index in [2.05, 4.69) is 5.10 Å². The fourth-order valence-corrected chi connectivity index (χ4v) is 1.28. The standard InChI is InChI=1S/C6H13N5O2/c7-9-6-10(4-5(12)13)2-1-3-11(6)8/h1-4,7-8H2,(H,12,13)/b9-6-. The molecule has 1 aliphatic heterocycles. The summed E-state index contributed by atoms with van der Waals surface area (Å²) in [5.41, 5.74) is 0. The highest BCUT2D eigenvalue weighted by atomic mass is 16.4. The van der Waals surface area contributed by atoms with Gasteiger partial charge < -0.3 is 15.8 Å². The highest BCUT2D eigenvalue weighted by molar-refractivity contribution is 5.83. The molecule has 1 saturated heterocycles. The lowest BCUT2D eigenvalue weighted by Gasteiger charge is -2.34. The SMILES string of the molecule is N/N=C1\N(N)CCCN1CC(=O)O. The average molecular weight is 187 g/mol. The van der Waals surface area contributed by atoms with E-state index in [1.807, 2.05) is 0 Å². The van der Waals surface area contributed by atoms with E-state index in [-0.39, 0.29) is 6.54 Å². The molecule has 1 rings (SSSR count). The Balaban J connectivity index is 2.65. The van der Waals surface area contributed by atoms with Crippen LogP contribution in [0.15, 0.2) is 5.10 Å². The quantitative estimate of drug-likeness (QED) is 0.347. The van der Waals surface area contributed by atoms with Crippen LogP contribution in [0.3, 0.4) is 0 Å². The van der Waals surface area contributed by atoms with Crippen LogP contribution in [0.5, 0.6) is 0 Å². The van der Waals surface area contributed by atoms with Crippen LogP contribution in [0.2, 0.25) is 0 Å². The smallest absolute Gasteiger partial charge is 0.323 e. The number of rotatable bonds is 2. The van der Waals surface area contributed by atoms with E-state index in [1.165, 1.54) is 9.91 Å². The van der Waals surface area contributed by atoms with Crippen molar-refractivity contribution in [2.45, 2.75) is 6.42 Å². The summed E-state index contributed by atoms with van der Waals surface area (Å²) in [5.74, 6) is 10.0. The second kappa shape index (κ2) is 3.94. The van der Waals surface area contributed by atoms with E-state index >= 15 is 0 Å². The van der Waals surface area contributed by atoms with Gasteiger partial charge in [0.1, 0.15) is 6.54 Å². The summed E-state index contributed by atoms with van der Waals surface area (Å²) in [5, 5.41) is 13.4. The summed E-state index contributed by atoms with van der Waals surface area (Å²) in [6.45, 7) is 1.14. The van der Waals surface area contributed by atoms with Crippen LogP contribution in [0.4, 0.5) is 0 Å². The van der Waals surface area contributed by atoms with Gasteiger partial charge in [0.05, 0.1) is 0 Å². The van der Waals surface area contributed by atoms with Crippen molar-refractivity contribution in [3.8, 4) is 0 Å². The number of hydrogen-bond donors (Lipinski definition) is 3. The van der Waals surface area contributed by atoms with Crippen LogP contribution in [0, 0.1) is 0 Å². The Bertz CT molecular complexity index is 229. The molecule has 1 aliphatic rings. The number of carboxylic acid groups (broad SMARTS) is 1. The van der Waals surface area contributed by atoms with E-state index in [0.717, 1.165) is 6.42 Å². The first-order valence-corrected chi connectivity index (χ1v) is 3.92. The number of hydrazine groups is 1. The number of nitrogens with zero attached hydrogens (tertiary/aromatic N) is 3. The zero-order valence-corrected chi connectivity index (χ0v) is 7.18. The molecule has 0 saturated carbocycles. The molecule has 1 heterocycles. The Morgan fingerprint density at radius 3 is 2.85 bits per heavy atom. The molecule has 0 aromatic rings. The molecule has 0 amide bonds. The molecular weight excluding hydrogens is 174 g/mol. The Hall–Kier alpha value is -1.50. The minimum atomic E-state index is -0.920. The molecule has 1 fully saturated rings. The third kappa shape index (κ3) is 2.22. The van der Waals surface area contributed by atoms with Gasteiger partial charge in [-0.2, -0.15) is 0 Å². The lowest BCUT2D eigenvalue weighted by molar-refractivity contribution is -0.137. The fraction of sp³-hybridized carbons (Fsp3) is 0.667. The van der Waals surface area contributed by atoms with Crippen LogP contribution in [-0.2, 0) is 4.79 Å². The van der Waals surface area contributed by atoms with Gasteiger partial charge in [0.2, 0.25) is 5.96 Å². The van der Waals surface area contributed by atoms with Crippen LogP contribution in [0.1, 0.15) is 6.42 Å². The molecule has 74 valence electrons. The largest absolute Gasteiger partial charge is 0.480 e. The number of hydrazone groups is 1. The lowest BCUT2D eigenvalue weighted by atomic mass is 10.3. The summed E-state index contributed by atoms with van der Waals surface area (Å²) in [6.07, 6.45) is 0.808. The minimum Gasteiger partial charge on any atom is -0.480 e. The van der Waals surface area contributed by atoms with E-state index in [9.17, 15) is 4.79 Å². The van der Waals surface area contributed by atoms with E-state index in [1.54, 1.807) is 0 Å². The molecule has 5 N–H and O–H groups in total. The van der Waals surface area contributed by atoms with Crippen LogP contribution in [0.25, 0.3) is 0 Å². The number of aliphatic carboxylic acids is 1. The van der Waals surface area contributed by atoms with Crippen molar-refractivity contribution >= 4 is 11.9 Å². The number of carbonyl (C=O) groups is 1. The lowest BCUT2D eigenvalue weighted by Crippen LogP contribution is -2.55. The molecular formula is C6H13N5O2. The summed E-state index contributed by atoms with van der Waals surface area (Å²) in [4.78, 5) is 12.0. The van der Waals surface area contributed by atoms with Crippen molar-refractivity contribution in [3.05, 3.63) is 0 Å². The van der Waals surface area contributed by atoms with Gasteiger partial charge in [0, 0.05) is 13.1 Å². The minimum absolute atomic E-state index is 0.121. The van der Waals surface area contributed by atoms with Crippen LogP contribution in [-0.4, -0.2) is 46.6 Å². The Morgan fingerprint density at radius 1 is 1.62 bits per heavy atom. The molecule has 13 heavy (non-hydrogen) atoms. The summed E-state index contributed by atoms with van der Waals surface area (Å²) in [7, 11) is 0. The van der Waals surface area contributed by atoms with Crippen molar-refractivity contribution in [1.29, 1.82) is 0 Å². The maximum absolute atomic E-state index is 10.4. The topological polar surface area (TPSA) is 108 Å². The van der Waals surface area contributed by atoms with Crippen LogP contribution >= 0.6 is 0 Å². The number of guanidine groups is 1. The van der Waals surface area contributed by atoms with E-state index in [4.69, 9.17) is 16.8 Å². The Labute approximate surface area is 75.5 Å². The first kappa shape index (κ1) is 9.59. The normalized spacial score (nSPS) is 20.8. The molecule has 0 radical (unpaired) electrons. The summed E-state index contributed by atoms with van der Waals surface area (Å²) in [6, 6.07) is 0. The Kier molecular flexibility index (Phi) is 2.91. The predicted molar refractivity (Wildman–Crippen MR) is 46.3 cm³/mol. The molecule has 0 unspecified atom stereocenters. The third-order valence-electron chi connectivity index (χ3n) is 1.81. The van der Waals surface area contributed by atoms with E-state index < -0.39 is 5.97 Å². The van der Waals surface area contributed by atoms with Crippen molar-refractivity contribution in [2.75, 3.05) is 19.6 Å². The summed E-state index contributed by atoms with van der Waals surface area (Å²) >= 11 is 0. The number of carboxylic acids is 1. The van der Waals surface area contributed by atoms with Crippen molar-refractivity contribution < 1.29 is 9.90 Å². The van der Waals surface area contributed by atoms with Gasteiger partial charge in [-0.1, -0.05) is 0 Å². The predicted octanol–water partition coefficient (Wildman–Crippen LogP) is -1.82. The molecule has 0 spiro atoms. The zero-order chi connectivity index (χ0) is 9.84. The van der Waals surface area contributed by atoms with Gasteiger partial charge in [-0.05, 0) is 6.42 Å². The Morgan fingerprint density at radius 2 is 2.31 bits per heavy atom. The number of nitrogens with two attached hydrogens (primary N) is 2. The number of hydrogen-bond acceptors (Lipinski definition) is 4. The van der Waals surface area contributed by atoms with Crippen LogP contribution < -0.4 is 11.7 Å². The van der Waals surface area contributed by atoms with Gasteiger partial charge >= 0.3 is 5.97 Å². The molecule has 0 aliphatic carbocycles. The third-order valence-corrected chi connectivity index (χ3v) is 1.81. The average Bonchev–Trinajstić information content (AvgIpc) is 2.03.